The zero-order valence-electron chi connectivity index (χ0n) is 8.57. The molecule has 0 radical (unpaired) electrons. The molecule has 0 spiro atoms. The van der Waals surface area contributed by atoms with Gasteiger partial charge in [-0.1, -0.05) is 12.8 Å². The Bertz CT molecular complexity index is 321. The number of aliphatic hydroxyl groups excluding tert-OH is 1. The van der Waals surface area contributed by atoms with Crippen molar-refractivity contribution >= 4 is 5.91 Å². The zero-order chi connectivity index (χ0) is 10.7. The number of carbonyl (C=O) groups is 1. The standard InChI is InChI=1S/C11H16N2O2/c14-10-6-2-1-4-8(10)13-11(15)9-5-3-7-12-9/h3,5,7-8,10,12,14H,1-2,4,6H2,(H,13,15)/t8-,10-/m1/s1. The Morgan fingerprint density at radius 3 is 2.93 bits per heavy atom. The van der Waals surface area contributed by atoms with Crippen molar-refractivity contribution in [2.75, 3.05) is 0 Å². The van der Waals surface area contributed by atoms with Crippen LogP contribution in [0.4, 0.5) is 0 Å². The second-order valence-electron chi connectivity index (χ2n) is 4.02. The van der Waals surface area contributed by atoms with Gasteiger partial charge in [0.05, 0.1) is 12.1 Å². The Hall–Kier alpha value is -1.29. The van der Waals surface area contributed by atoms with E-state index in [1.54, 1.807) is 18.3 Å². The topological polar surface area (TPSA) is 65.1 Å². The van der Waals surface area contributed by atoms with Crippen molar-refractivity contribution < 1.29 is 9.90 Å². The Morgan fingerprint density at radius 2 is 2.27 bits per heavy atom. The first-order chi connectivity index (χ1) is 7.27. The van der Waals surface area contributed by atoms with Crippen LogP contribution in [0.5, 0.6) is 0 Å². The maximum Gasteiger partial charge on any atom is 0.267 e. The molecule has 4 nitrogen and oxygen atoms in total. The summed E-state index contributed by atoms with van der Waals surface area (Å²) < 4.78 is 0. The number of aliphatic hydroxyl groups is 1. The minimum absolute atomic E-state index is 0.0884. The number of nitrogens with one attached hydrogen (secondary N) is 2. The quantitative estimate of drug-likeness (QED) is 0.680. The van der Waals surface area contributed by atoms with E-state index in [9.17, 15) is 9.90 Å². The first-order valence-electron chi connectivity index (χ1n) is 5.39. The summed E-state index contributed by atoms with van der Waals surface area (Å²) in [4.78, 5) is 14.5. The number of hydrogen-bond donors (Lipinski definition) is 3. The van der Waals surface area contributed by atoms with Crippen LogP contribution in [0.2, 0.25) is 0 Å². The number of rotatable bonds is 2. The van der Waals surface area contributed by atoms with Gasteiger partial charge in [0.25, 0.3) is 5.91 Å². The molecule has 82 valence electrons. The van der Waals surface area contributed by atoms with E-state index >= 15 is 0 Å². The molecular weight excluding hydrogens is 192 g/mol. The number of amides is 1. The summed E-state index contributed by atoms with van der Waals surface area (Å²) >= 11 is 0. The number of aromatic nitrogens is 1. The third-order valence-corrected chi connectivity index (χ3v) is 2.89. The van der Waals surface area contributed by atoms with Gasteiger partial charge in [0.1, 0.15) is 5.69 Å². The molecule has 0 saturated heterocycles. The van der Waals surface area contributed by atoms with E-state index in [2.05, 4.69) is 10.3 Å². The lowest BCUT2D eigenvalue weighted by Crippen LogP contribution is -2.45. The smallest absolute Gasteiger partial charge is 0.267 e. The fraction of sp³-hybridized carbons (Fsp3) is 0.545. The Labute approximate surface area is 88.7 Å². The average Bonchev–Trinajstić information content (AvgIpc) is 2.74. The molecule has 2 atom stereocenters. The van der Waals surface area contributed by atoms with E-state index in [-0.39, 0.29) is 11.9 Å². The van der Waals surface area contributed by atoms with Crippen LogP contribution >= 0.6 is 0 Å². The summed E-state index contributed by atoms with van der Waals surface area (Å²) in [5.41, 5.74) is 0.549. The summed E-state index contributed by atoms with van der Waals surface area (Å²) in [6.07, 6.45) is 5.11. The second kappa shape index (κ2) is 4.49. The van der Waals surface area contributed by atoms with E-state index in [4.69, 9.17) is 0 Å². The molecule has 1 fully saturated rings. The maximum atomic E-state index is 11.7. The molecule has 15 heavy (non-hydrogen) atoms. The fourth-order valence-corrected chi connectivity index (χ4v) is 2.00. The van der Waals surface area contributed by atoms with Gasteiger partial charge in [0, 0.05) is 6.20 Å². The molecule has 0 bridgehead atoms. The van der Waals surface area contributed by atoms with Crippen LogP contribution in [0.1, 0.15) is 36.2 Å². The second-order valence-corrected chi connectivity index (χ2v) is 4.02. The lowest BCUT2D eigenvalue weighted by Gasteiger charge is -2.28. The molecule has 1 saturated carbocycles. The highest BCUT2D eigenvalue weighted by Gasteiger charge is 2.24. The lowest BCUT2D eigenvalue weighted by atomic mass is 9.92. The van der Waals surface area contributed by atoms with E-state index in [1.165, 1.54) is 0 Å². The predicted molar refractivity (Wildman–Crippen MR) is 56.5 cm³/mol. The van der Waals surface area contributed by atoms with E-state index in [0.29, 0.717) is 5.69 Å². The van der Waals surface area contributed by atoms with Crippen molar-refractivity contribution in [1.82, 2.24) is 10.3 Å². The molecule has 3 N–H and O–H groups in total. The van der Waals surface area contributed by atoms with Crippen molar-refractivity contribution in [1.29, 1.82) is 0 Å². The molecule has 1 amide bonds. The minimum atomic E-state index is -0.391. The summed E-state index contributed by atoms with van der Waals surface area (Å²) in [5, 5.41) is 12.5. The summed E-state index contributed by atoms with van der Waals surface area (Å²) in [6, 6.07) is 3.42. The predicted octanol–water partition coefficient (Wildman–Crippen LogP) is 1.05. The Balaban J connectivity index is 1.93. The van der Waals surface area contributed by atoms with Gasteiger partial charge < -0.3 is 15.4 Å². The normalized spacial score (nSPS) is 26.2. The van der Waals surface area contributed by atoms with Gasteiger partial charge in [0.2, 0.25) is 0 Å². The van der Waals surface area contributed by atoms with Crippen LogP contribution < -0.4 is 5.32 Å². The van der Waals surface area contributed by atoms with Gasteiger partial charge >= 0.3 is 0 Å². The van der Waals surface area contributed by atoms with Crippen molar-refractivity contribution in [3.8, 4) is 0 Å². The highest BCUT2D eigenvalue weighted by atomic mass is 16.3. The van der Waals surface area contributed by atoms with E-state index in [0.717, 1.165) is 25.7 Å². The van der Waals surface area contributed by atoms with Gasteiger partial charge in [-0.3, -0.25) is 4.79 Å². The van der Waals surface area contributed by atoms with Crippen LogP contribution in [0, 0.1) is 0 Å². The van der Waals surface area contributed by atoms with Crippen LogP contribution in [-0.2, 0) is 0 Å². The van der Waals surface area contributed by atoms with Crippen molar-refractivity contribution in [2.45, 2.75) is 37.8 Å². The van der Waals surface area contributed by atoms with Crippen molar-refractivity contribution in [3.05, 3.63) is 24.0 Å². The molecule has 1 heterocycles. The number of hydrogen-bond acceptors (Lipinski definition) is 2. The Morgan fingerprint density at radius 1 is 1.47 bits per heavy atom. The third kappa shape index (κ3) is 2.39. The van der Waals surface area contributed by atoms with Crippen LogP contribution in [0.15, 0.2) is 18.3 Å². The molecule has 1 aliphatic carbocycles. The molecule has 0 aromatic carbocycles. The molecular formula is C11H16N2O2. The monoisotopic (exact) mass is 208 g/mol. The van der Waals surface area contributed by atoms with Crippen LogP contribution in [0.3, 0.4) is 0 Å². The van der Waals surface area contributed by atoms with Gasteiger partial charge in [0.15, 0.2) is 0 Å². The van der Waals surface area contributed by atoms with Gasteiger partial charge in [-0.2, -0.15) is 0 Å². The van der Waals surface area contributed by atoms with Crippen molar-refractivity contribution in [3.63, 3.8) is 0 Å². The average molecular weight is 208 g/mol. The van der Waals surface area contributed by atoms with Crippen molar-refractivity contribution in [2.24, 2.45) is 0 Å². The van der Waals surface area contributed by atoms with Crippen LogP contribution in [-0.4, -0.2) is 28.1 Å². The molecule has 0 aliphatic heterocycles. The molecule has 2 rings (SSSR count). The SMILES string of the molecule is O=C(N[C@@H]1CCCC[C@H]1O)c1ccc[nH]1. The zero-order valence-corrected chi connectivity index (χ0v) is 8.57. The molecule has 0 unspecified atom stereocenters. The molecule has 1 aliphatic rings. The minimum Gasteiger partial charge on any atom is -0.391 e. The van der Waals surface area contributed by atoms with Gasteiger partial charge in [-0.15, -0.1) is 0 Å². The van der Waals surface area contributed by atoms with Gasteiger partial charge in [-0.25, -0.2) is 0 Å². The summed E-state index contributed by atoms with van der Waals surface area (Å²) in [6.45, 7) is 0. The van der Waals surface area contributed by atoms with E-state index in [1.807, 2.05) is 0 Å². The molecule has 4 heteroatoms. The maximum absolute atomic E-state index is 11.7. The molecule has 1 aromatic heterocycles. The lowest BCUT2D eigenvalue weighted by molar-refractivity contribution is 0.0714. The number of aromatic amines is 1. The number of H-pyrrole nitrogens is 1. The first kappa shape index (κ1) is 10.2. The highest BCUT2D eigenvalue weighted by molar-refractivity contribution is 5.92. The first-order valence-corrected chi connectivity index (χ1v) is 5.39. The fourth-order valence-electron chi connectivity index (χ4n) is 2.00. The largest absolute Gasteiger partial charge is 0.391 e. The summed E-state index contributed by atoms with van der Waals surface area (Å²) in [5.74, 6) is -0.133. The van der Waals surface area contributed by atoms with Crippen LogP contribution in [0.25, 0.3) is 0 Å². The number of carbonyl (C=O) groups excluding carboxylic acids is 1. The summed E-state index contributed by atoms with van der Waals surface area (Å²) in [7, 11) is 0. The Kier molecular flexibility index (Phi) is 3.06. The van der Waals surface area contributed by atoms with E-state index < -0.39 is 6.10 Å². The third-order valence-electron chi connectivity index (χ3n) is 2.89. The molecule has 1 aromatic rings. The van der Waals surface area contributed by atoms with Gasteiger partial charge in [-0.05, 0) is 25.0 Å². The highest BCUT2D eigenvalue weighted by Crippen LogP contribution is 2.18.